The van der Waals surface area contributed by atoms with Crippen molar-refractivity contribution in [1.29, 1.82) is 0 Å². The van der Waals surface area contributed by atoms with Gasteiger partial charge in [0.1, 0.15) is 17.5 Å². The lowest BCUT2D eigenvalue weighted by Gasteiger charge is -2.34. The van der Waals surface area contributed by atoms with Crippen LogP contribution in [0, 0.1) is 6.92 Å². The molecule has 1 saturated heterocycles. The van der Waals surface area contributed by atoms with E-state index in [2.05, 4.69) is 9.97 Å². The summed E-state index contributed by atoms with van der Waals surface area (Å²) in [7, 11) is 0. The van der Waals surface area contributed by atoms with Crippen molar-refractivity contribution in [3.63, 3.8) is 0 Å². The average Bonchev–Trinajstić information content (AvgIpc) is 2.38. The van der Waals surface area contributed by atoms with Crippen LogP contribution >= 0.6 is 0 Å². The van der Waals surface area contributed by atoms with E-state index in [9.17, 15) is 4.79 Å². The quantitative estimate of drug-likeness (QED) is 0.787. The number of morpholine rings is 1. The van der Waals surface area contributed by atoms with Crippen LogP contribution in [-0.4, -0.2) is 46.3 Å². The number of aromatic nitrogens is 2. The molecule has 1 aliphatic heterocycles. The van der Waals surface area contributed by atoms with Crippen LogP contribution in [0.1, 0.15) is 38.3 Å². The molecule has 0 N–H and O–H groups in total. The Morgan fingerprint density at radius 3 is 2.65 bits per heavy atom. The van der Waals surface area contributed by atoms with Crippen LogP contribution in [0.4, 0.5) is 4.79 Å². The predicted molar refractivity (Wildman–Crippen MR) is 73.3 cm³/mol. The van der Waals surface area contributed by atoms with Crippen LogP contribution in [0.5, 0.6) is 0 Å². The third-order valence-electron chi connectivity index (χ3n) is 2.89. The van der Waals surface area contributed by atoms with E-state index in [1.54, 1.807) is 17.3 Å². The molecule has 0 bridgehead atoms. The van der Waals surface area contributed by atoms with Crippen molar-refractivity contribution in [3.8, 4) is 0 Å². The third-order valence-corrected chi connectivity index (χ3v) is 2.89. The van der Waals surface area contributed by atoms with Crippen molar-refractivity contribution in [2.24, 2.45) is 0 Å². The van der Waals surface area contributed by atoms with Gasteiger partial charge in [-0.3, -0.25) is 0 Å². The minimum atomic E-state index is -0.488. The van der Waals surface area contributed by atoms with E-state index in [4.69, 9.17) is 9.47 Å². The van der Waals surface area contributed by atoms with Gasteiger partial charge in [-0.25, -0.2) is 14.8 Å². The zero-order valence-corrected chi connectivity index (χ0v) is 12.4. The molecule has 1 unspecified atom stereocenters. The summed E-state index contributed by atoms with van der Waals surface area (Å²) in [6.45, 7) is 8.89. The Morgan fingerprint density at radius 2 is 2.05 bits per heavy atom. The lowest BCUT2D eigenvalue weighted by atomic mass is 10.1. The summed E-state index contributed by atoms with van der Waals surface area (Å²) in [4.78, 5) is 22.0. The number of hydrogen-bond donors (Lipinski definition) is 0. The monoisotopic (exact) mass is 279 g/mol. The van der Waals surface area contributed by atoms with Crippen molar-refractivity contribution < 1.29 is 14.3 Å². The highest BCUT2D eigenvalue weighted by Crippen LogP contribution is 2.22. The van der Waals surface area contributed by atoms with Crippen LogP contribution in [0.15, 0.2) is 12.4 Å². The molecule has 0 saturated carbocycles. The SMILES string of the molecule is Cc1ncc(C2CN(C(=O)OC(C)(C)C)CCO2)cn1. The Morgan fingerprint density at radius 1 is 1.40 bits per heavy atom. The van der Waals surface area contributed by atoms with Crippen molar-refractivity contribution >= 4 is 6.09 Å². The van der Waals surface area contributed by atoms with Crippen molar-refractivity contribution in [3.05, 3.63) is 23.8 Å². The smallest absolute Gasteiger partial charge is 0.410 e. The average molecular weight is 279 g/mol. The molecular weight excluding hydrogens is 258 g/mol. The molecule has 1 amide bonds. The first-order valence-electron chi connectivity index (χ1n) is 6.73. The van der Waals surface area contributed by atoms with Crippen LogP contribution in [-0.2, 0) is 9.47 Å². The molecule has 1 aromatic rings. The van der Waals surface area contributed by atoms with E-state index < -0.39 is 5.60 Å². The maximum absolute atomic E-state index is 12.1. The van der Waals surface area contributed by atoms with Crippen LogP contribution < -0.4 is 0 Å². The Labute approximate surface area is 119 Å². The molecule has 1 aromatic heterocycles. The molecule has 110 valence electrons. The van der Waals surface area contributed by atoms with Crippen LogP contribution in [0.25, 0.3) is 0 Å². The highest BCUT2D eigenvalue weighted by atomic mass is 16.6. The summed E-state index contributed by atoms with van der Waals surface area (Å²) in [6, 6.07) is 0. The summed E-state index contributed by atoms with van der Waals surface area (Å²) in [6.07, 6.45) is 2.98. The fourth-order valence-electron chi connectivity index (χ4n) is 1.91. The molecular formula is C14H21N3O3. The van der Waals surface area contributed by atoms with Gasteiger partial charge < -0.3 is 14.4 Å². The lowest BCUT2D eigenvalue weighted by Crippen LogP contribution is -2.44. The summed E-state index contributed by atoms with van der Waals surface area (Å²) in [5.74, 6) is 0.716. The first kappa shape index (κ1) is 14.7. The number of rotatable bonds is 1. The Kier molecular flexibility index (Phi) is 4.23. The zero-order valence-electron chi connectivity index (χ0n) is 12.4. The molecule has 1 atom stereocenters. The second-order valence-corrected chi connectivity index (χ2v) is 5.85. The van der Waals surface area contributed by atoms with Crippen molar-refractivity contribution in [2.45, 2.75) is 39.4 Å². The van der Waals surface area contributed by atoms with Gasteiger partial charge in [0, 0.05) is 24.5 Å². The highest BCUT2D eigenvalue weighted by Gasteiger charge is 2.29. The van der Waals surface area contributed by atoms with Gasteiger partial charge in [-0.05, 0) is 27.7 Å². The van der Waals surface area contributed by atoms with Gasteiger partial charge in [0.05, 0.1) is 13.2 Å². The van der Waals surface area contributed by atoms with E-state index in [1.807, 2.05) is 27.7 Å². The first-order chi connectivity index (χ1) is 9.35. The summed E-state index contributed by atoms with van der Waals surface area (Å²) in [5.41, 5.74) is 0.390. The number of ether oxygens (including phenoxy) is 2. The van der Waals surface area contributed by atoms with E-state index in [-0.39, 0.29) is 12.2 Å². The molecule has 0 aromatic carbocycles. The second kappa shape index (κ2) is 5.75. The van der Waals surface area contributed by atoms with Crippen LogP contribution in [0.3, 0.4) is 0 Å². The van der Waals surface area contributed by atoms with Gasteiger partial charge in [-0.1, -0.05) is 0 Å². The number of nitrogens with zero attached hydrogens (tertiary/aromatic N) is 3. The maximum atomic E-state index is 12.1. The van der Waals surface area contributed by atoms with Crippen molar-refractivity contribution in [1.82, 2.24) is 14.9 Å². The van der Waals surface area contributed by atoms with Crippen molar-refractivity contribution in [2.75, 3.05) is 19.7 Å². The molecule has 0 aliphatic carbocycles. The minimum absolute atomic E-state index is 0.197. The fourth-order valence-corrected chi connectivity index (χ4v) is 1.91. The topological polar surface area (TPSA) is 64.6 Å². The van der Waals surface area contributed by atoms with Gasteiger partial charge in [0.15, 0.2) is 0 Å². The number of aryl methyl sites for hydroxylation is 1. The summed E-state index contributed by atoms with van der Waals surface area (Å²) < 4.78 is 11.1. The van der Waals surface area contributed by atoms with Gasteiger partial charge >= 0.3 is 6.09 Å². The van der Waals surface area contributed by atoms with E-state index in [0.717, 1.165) is 5.56 Å². The lowest BCUT2D eigenvalue weighted by molar-refractivity contribution is -0.0435. The van der Waals surface area contributed by atoms with Gasteiger partial charge in [-0.15, -0.1) is 0 Å². The Hall–Kier alpha value is -1.69. The third kappa shape index (κ3) is 3.90. The van der Waals surface area contributed by atoms with Crippen LogP contribution in [0.2, 0.25) is 0 Å². The molecule has 6 nitrogen and oxygen atoms in total. The highest BCUT2D eigenvalue weighted by molar-refractivity contribution is 5.68. The summed E-state index contributed by atoms with van der Waals surface area (Å²) in [5, 5.41) is 0. The molecule has 2 rings (SSSR count). The first-order valence-corrected chi connectivity index (χ1v) is 6.73. The molecule has 1 fully saturated rings. The molecule has 2 heterocycles. The second-order valence-electron chi connectivity index (χ2n) is 5.85. The molecule has 20 heavy (non-hydrogen) atoms. The van der Waals surface area contributed by atoms with E-state index in [0.29, 0.717) is 25.5 Å². The maximum Gasteiger partial charge on any atom is 0.410 e. The Bertz CT molecular complexity index is 468. The predicted octanol–water partition coefficient (Wildman–Crippen LogP) is 2.09. The molecule has 6 heteroatoms. The standard InChI is InChI=1S/C14H21N3O3/c1-10-15-7-11(8-16-10)12-9-17(5-6-19-12)13(18)20-14(2,3)4/h7-8,12H,5-6,9H2,1-4H3. The molecule has 0 spiro atoms. The molecule has 0 radical (unpaired) electrons. The number of carbonyl (C=O) groups excluding carboxylic acids is 1. The number of hydrogen-bond acceptors (Lipinski definition) is 5. The number of carbonyl (C=O) groups is 1. The zero-order chi connectivity index (χ0) is 14.8. The minimum Gasteiger partial charge on any atom is -0.444 e. The Balaban J connectivity index is 2.01. The van der Waals surface area contributed by atoms with Gasteiger partial charge in [0.25, 0.3) is 0 Å². The van der Waals surface area contributed by atoms with Gasteiger partial charge in [-0.2, -0.15) is 0 Å². The largest absolute Gasteiger partial charge is 0.444 e. The van der Waals surface area contributed by atoms with E-state index >= 15 is 0 Å². The number of amides is 1. The normalized spacial score (nSPS) is 19.8. The van der Waals surface area contributed by atoms with Gasteiger partial charge in [0.2, 0.25) is 0 Å². The summed E-state index contributed by atoms with van der Waals surface area (Å²) >= 11 is 0. The fraction of sp³-hybridized carbons (Fsp3) is 0.643. The van der Waals surface area contributed by atoms with E-state index in [1.165, 1.54) is 0 Å². The molecule has 1 aliphatic rings.